The number of nitro groups is 1. The molecule has 162 valence electrons. The maximum Gasteiger partial charge on any atom is 0.282 e. The lowest BCUT2D eigenvalue weighted by atomic mass is 10.1. The van der Waals surface area contributed by atoms with Crippen LogP contribution in [0.25, 0.3) is 0 Å². The summed E-state index contributed by atoms with van der Waals surface area (Å²) >= 11 is 1.86. The Morgan fingerprint density at radius 1 is 1.10 bits per heavy atom. The van der Waals surface area contributed by atoms with Gasteiger partial charge in [-0.05, 0) is 49.6 Å². The highest BCUT2D eigenvalue weighted by molar-refractivity contribution is 7.99. The summed E-state index contributed by atoms with van der Waals surface area (Å²) in [6, 6.07) is 9.97. The van der Waals surface area contributed by atoms with Crippen LogP contribution in [0.5, 0.6) is 0 Å². The van der Waals surface area contributed by atoms with Crippen LogP contribution in [-0.4, -0.2) is 47.4 Å². The number of nitrogens with one attached hydrogen (secondary N) is 2. The molecule has 2 N–H and O–H groups in total. The Kier molecular flexibility index (Phi) is 6.13. The highest BCUT2D eigenvalue weighted by Crippen LogP contribution is 2.28. The van der Waals surface area contributed by atoms with Crippen LogP contribution in [0.4, 0.5) is 17.1 Å². The molecule has 4 rings (SSSR count). The predicted molar refractivity (Wildman–Crippen MR) is 122 cm³/mol. The van der Waals surface area contributed by atoms with Crippen LogP contribution >= 0.6 is 11.8 Å². The third-order valence-corrected chi connectivity index (χ3v) is 6.40. The van der Waals surface area contributed by atoms with Crippen LogP contribution < -0.4 is 15.5 Å². The van der Waals surface area contributed by atoms with Gasteiger partial charge in [0.2, 0.25) is 0 Å². The first-order valence-corrected chi connectivity index (χ1v) is 11.4. The number of nitrogens with zero attached hydrogens (tertiary/aromatic N) is 2. The Hall–Kier alpha value is -3.07. The Morgan fingerprint density at radius 2 is 1.84 bits per heavy atom. The second-order valence-corrected chi connectivity index (χ2v) is 9.01. The van der Waals surface area contributed by atoms with E-state index in [1.165, 1.54) is 6.07 Å². The van der Waals surface area contributed by atoms with Crippen LogP contribution in [0.2, 0.25) is 0 Å². The average Bonchev–Trinajstić information content (AvgIpc) is 3.59. The summed E-state index contributed by atoms with van der Waals surface area (Å²) in [5.41, 5.74) is 2.23. The van der Waals surface area contributed by atoms with E-state index < -0.39 is 10.8 Å². The molecule has 1 aliphatic heterocycles. The quantitative estimate of drug-likeness (QED) is 0.525. The van der Waals surface area contributed by atoms with Crippen molar-refractivity contribution in [1.29, 1.82) is 0 Å². The maximum absolute atomic E-state index is 13.1. The van der Waals surface area contributed by atoms with Crippen LogP contribution in [0, 0.1) is 17.0 Å². The number of carbonyl (C=O) groups is 2. The predicted octanol–water partition coefficient (Wildman–Crippen LogP) is 3.60. The van der Waals surface area contributed by atoms with Crippen LogP contribution in [0.1, 0.15) is 39.1 Å². The molecule has 1 saturated carbocycles. The van der Waals surface area contributed by atoms with Crippen molar-refractivity contribution in [3.63, 3.8) is 0 Å². The molecule has 2 amide bonds. The lowest BCUT2D eigenvalue weighted by molar-refractivity contribution is -0.385. The number of hydrogen-bond acceptors (Lipinski definition) is 6. The molecular formula is C22H24N4O4S. The van der Waals surface area contributed by atoms with E-state index in [0.717, 1.165) is 48.7 Å². The van der Waals surface area contributed by atoms with Crippen molar-refractivity contribution in [3.8, 4) is 0 Å². The van der Waals surface area contributed by atoms with E-state index in [4.69, 9.17) is 0 Å². The number of amides is 2. The van der Waals surface area contributed by atoms with Crippen molar-refractivity contribution in [2.75, 3.05) is 34.8 Å². The van der Waals surface area contributed by atoms with Gasteiger partial charge >= 0.3 is 0 Å². The third kappa shape index (κ3) is 4.99. The summed E-state index contributed by atoms with van der Waals surface area (Å²) < 4.78 is 0. The topological polar surface area (TPSA) is 105 Å². The van der Waals surface area contributed by atoms with Gasteiger partial charge in [-0.2, -0.15) is 11.8 Å². The van der Waals surface area contributed by atoms with Crippen LogP contribution in [0.15, 0.2) is 36.4 Å². The minimum absolute atomic E-state index is 0.00737. The molecule has 31 heavy (non-hydrogen) atoms. The smallest absolute Gasteiger partial charge is 0.282 e. The number of nitro benzene ring substituents is 1. The largest absolute Gasteiger partial charge is 0.370 e. The Morgan fingerprint density at radius 3 is 2.52 bits per heavy atom. The van der Waals surface area contributed by atoms with Gasteiger partial charge in [0.25, 0.3) is 17.5 Å². The van der Waals surface area contributed by atoms with Crippen molar-refractivity contribution < 1.29 is 14.5 Å². The summed E-state index contributed by atoms with van der Waals surface area (Å²) in [5, 5.41) is 17.2. The van der Waals surface area contributed by atoms with Gasteiger partial charge in [0.1, 0.15) is 5.56 Å². The zero-order valence-corrected chi connectivity index (χ0v) is 18.0. The number of anilines is 2. The number of benzene rings is 2. The minimum atomic E-state index is -0.567. The Balaban J connectivity index is 1.59. The fraction of sp³-hybridized carbons (Fsp3) is 0.364. The normalized spacial score (nSPS) is 16.0. The van der Waals surface area contributed by atoms with E-state index in [2.05, 4.69) is 15.5 Å². The number of hydrogen-bond donors (Lipinski definition) is 2. The lowest BCUT2D eigenvalue weighted by Gasteiger charge is -2.28. The molecule has 0 bridgehead atoms. The van der Waals surface area contributed by atoms with Crippen molar-refractivity contribution in [3.05, 3.63) is 63.2 Å². The molecule has 0 aromatic heterocycles. The van der Waals surface area contributed by atoms with Gasteiger partial charge in [0.05, 0.1) is 4.92 Å². The fourth-order valence-corrected chi connectivity index (χ4v) is 4.37. The van der Waals surface area contributed by atoms with Crippen molar-refractivity contribution >= 4 is 40.6 Å². The third-order valence-electron chi connectivity index (χ3n) is 5.46. The molecule has 1 heterocycles. The zero-order valence-electron chi connectivity index (χ0n) is 17.2. The molecule has 0 radical (unpaired) electrons. The average molecular weight is 441 g/mol. The number of aryl methyl sites for hydroxylation is 1. The van der Waals surface area contributed by atoms with Gasteiger partial charge in [-0.25, -0.2) is 0 Å². The molecule has 9 heteroatoms. The van der Waals surface area contributed by atoms with Crippen molar-refractivity contribution in [2.45, 2.75) is 25.8 Å². The molecular weight excluding hydrogens is 416 g/mol. The number of carbonyl (C=O) groups excluding carboxylic acids is 2. The monoisotopic (exact) mass is 440 g/mol. The van der Waals surface area contributed by atoms with E-state index in [1.54, 1.807) is 30.3 Å². The SMILES string of the molecule is Cc1ccc(C(=O)NC2CC2)cc1NC(=O)c1cc(N2CCSCC2)ccc1[N+](=O)[O-]. The lowest BCUT2D eigenvalue weighted by Crippen LogP contribution is -2.32. The highest BCUT2D eigenvalue weighted by Gasteiger charge is 2.25. The number of thioether (sulfide) groups is 1. The molecule has 2 aliphatic rings. The number of rotatable bonds is 6. The molecule has 2 fully saturated rings. The Labute approximate surface area is 184 Å². The molecule has 1 aliphatic carbocycles. The zero-order chi connectivity index (χ0) is 22.0. The van der Waals surface area contributed by atoms with Crippen molar-refractivity contribution in [1.82, 2.24) is 5.32 Å². The van der Waals surface area contributed by atoms with Gasteiger partial charge < -0.3 is 15.5 Å². The van der Waals surface area contributed by atoms with Crippen molar-refractivity contribution in [2.24, 2.45) is 0 Å². The summed E-state index contributed by atoms with van der Waals surface area (Å²) in [6.07, 6.45) is 1.97. The van der Waals surface area contributed by atoms with E-state index in [0.29, 0.717) is 11.3 Å². The van der Waals surface area contributed by atoms with E-state index >= 15 is 0 Å². The highest BCUT2D eigenvalue weighted by atomic mass is 32.2. The first-order chi connectivity index (χ1) is 14.9. The van der Waals surface area contributed by atoms with Crippen LogP contribution in [-0.2, 0) is 0 Å². The molecule has 2 aromatic rings. The standard InChI is InChI=1S/C22H24N4O4S/c1-14-2-3-15(21(27)23-16-4-5-16)12-19(14)24-22(28)18-13-17(6-7-20(18)26(29)30)25-8-10-31-11-9-25/h2-3,6-7,12-13,16H,4-5,8-11H2,1H3,(H,23,27)(H,24,28). The summed E-state index contributed by atoms with van der Waals surface area (Å²) in [5.74, 6) is 1.21. The van der Waals surface area contributed by atoms with Gasteiger partial charge in [0.15, 0.2) is 0 Å². The molecule has 0 spiro atoms. The van der Waals surface area contributed by atoms with E-state index in [-0.39, 0.29) is 23.2 Å². The summed E-state index contributed by atoms with van der Waals surface area (Å²) in [7, 11) is 0. The molecule has 0 unspecified atom stereocenters. The van der Waals surface area contributed by atoms with Gasteiger partial charge in [-0.15, -0.1) is 0 Å². The van der Waals surface area contributed by atoms with Gasteiger partial charge in [-0.1, -0.05) is 6.07 Å². The fourth-order valence-electron chi connectivity index (χ4n) is 3.47. The first-order valence-electron chi connectivity index (χ1n) is 10.3. The minimum Gasteiger partial charge on any atom is -0.370 e. The van der Waals surface area contributed by atoms with Gasteiger partial charge in [0, 0.05) is 53.6 Å². The molecule has 1 saturated heterocycles. The first kappa shape index (κ1) is 21.2. The second kappa shape index (κ2) is 8.97. The van der Waals surface area contributed by atoms with Crippen LogP contribution in [0.3, 0.4) is 0 Å². The summed E-state index contributed by atoms with van der Waals surface area (Å²) in [6.45, 7) is 3.48. The molecule has 8 nitrogen and oxygen atoms in total. The van der Waals surface area contributed by atoms with E-state index in [9.17, 15) is 19.7 Å². The molecule has 0 atom stereocenters. The van der Waals surface area contributed by atoms with E-state index in [1.807, 2.05) is 18.7 Å². The summed E-state index contributed by atoms with van der Waals surface area (Å²) in [4.78, 5) is 38.5. The second-order valence-electron chi connectivity index (χ2n) is 7.79. The van der Waals surface area contributed by atoms with Gasteiger partial charge in [-0.3, -0.25) is 19.7 Å². The Bertz CT molecular complexity index is 1030. The molecule has 2 aromatic carbocycles. The maximum atomic E-state index is 13.1.